The van der Waals surface area contributed by atoms with E-state index in [0.717, 1.165) is 11.4 Å². The first-order valence-electron chi connectivity index (χ1n) is 5.84. The maximum absolute atomic E-state index is 11.6. The number of rotatable bonds is 5. The number of nitrogens with zero attached hydrogens (tertiary/aromatic N) is 2. The first-order valence-corrected chi connectivity index (χ1v) is 5.84. The summed E-state index contributed by atoms with van der Waals surface area (Å²) in [6, 6.07) is 0. The number of hydrogen-bond acceptors (Lipinski definition) is 4. The molecule has 1 aromatic rings. The third-order valence-corrected chi connectivity index (χ3v) is 2.62. The minimum absolute atomic E-state index is 0.322. The van der Waals surface area contributed by atoms with Gasteiger partial charge in [0.2, 0.25) is 0 Å². The highest BCUT2D eigenvalue weighted by Crippen LogP contribution is 2.23. The van der Waals surface area contributed by atoms with Gasteiger partial charge in [-0.25, -0.2) is 4.79 Å². The van der Waals surface area contributed by atoms with Crippen LogP contribution in [0.4, 0.5) is 0 Å². The Balaban J connectivity index is 2.84. The smallest absolute Gasteiger partial charge is 0.347 e. The van der Waals surface area contributed by atoms with Crippen LogP contribution >= 0.6 is 0 Å². The van der Waals surface area contributed by atoms with E-state index in [1.807, 2.05) is 27.8 Å². The highest BCUT2D eigenvalue weighted by Gasteiger charge is 2.22. The number of carbonyl (C=O) groups is 1. The highest BCUT2D eigenvalue weighted by atomic mass is 16.6. The number of carbonyl (C=O) groups excluding carboxylic acids is 1. The van der Waals surface area contributed by atoms with Gasteiger partial charge < -0.3 is 9.47 Å². The number of aromatic nitrogens is 2. The third kappa shape index (κ3) is 2.99. The quantitative estimate of drug-likeness (QED) is 0.736. The Kier molecular flexibility index (Phi) is 4.54. The Labute approximate surface area is 102 Å². The molecule has 5 nitrogen and oxygen atoms in total. The molecule has 1 aromatic heterocycles. The van der Waals surface area contributed by atoms with Crippen LogP contribution in [0.5, 0.6) is 5.75 Å². The van der Waals surface area contributed by atoms with E-state index in [2.05, 4.69) is 5.10 Å². The van der Waals surface area contributed by atoms with Crippen molar-refractivity contribution in [3.63, 3.8) is 0 Å². The molecule has 0 bridgehead atoms. The second-order valence-corrected chi connectivity index (χ2v) is 3.89. The van der Waals surface area contributed by atoms with E-state index in [-0.39, 0.29) is 5.97 Å². The van der Waals surface area contributed by atoms with Crippen molar-refractivity contribution in [1.82, 2.24) is 9.78 Å². The van der Waals surface area contributed by atoms with Gasteiger partial charge in [0.25, 0.3) is 0 Å². The zero-order chi connectivity index (χ0) is 13.0. The molecule has 0 saturated heterocycles. The molecule has 0 radical (unpaired) electrons. The average molecular weight is 240 g/mol. The van der Waals surface area contributed by atoms with Crippen LogP contribution in [0.1, 0.15) is 31.7 Å². The van der Waals surface area contributed by atoms with Crippen molar-refractivity contribution in [3.05, 3.63) is 11.4 Å². The summed E-state index contributed by atoms with van der Waals surface area (Å²) in [7, 11) is 1.85. The standard InChI is InChI=1S/C12H20N2O3/c1-6-10(12(15)16-7-2)17-11-8(3)13-14(5)9(11)4/h10H,6-7H2,1-5H3. The van der Waals surface area contributed by atoms with Crippen LogP contribution in [-0.4, -0.2) is 28.5 Å². The van der Waals surface area contributed by atoms with Gasteiger partial charge in [-0.2, -0.15) is 5.10 Å². The monoisotopic (exact) mass is 240 g/mol. The largest absolute Gasteiger partial charge is 0.475 e. The summed E-state index contributed by atoms with van der Waals surface area (Å²) in [6.07, 6.45) is 0.0172. The second-order valence-electron chi connectivity index (χ2n) is 3.89. The topological polar surface area (TPSA) is 53.4 Å². The summed E-state index contributed by atoms with van der Waals surface area (Å²) in [5.74, 6) is 0.352. The van der Waals surface area contributed by atoms with Gasteiger partial charge in [-0.15, -0.1) is 0 Å². The van der Waals surface area contributed by atoms with Crippen LogP contribution in [0.15, 0.2) is 0 Å². The summed E-state index contributed by atoms with van der Waals surface area (Å²) < 4.78 is 12.4. The lowest BCUT2D eigenvalue weighted by molar-refractivity contribution is -0.151. The Bertz CT molecular complexity index is 399. The minimum atomic E-state index is -0.559. The third-order valence-electron chi connectivity index (χ3n) is 2.62. The van der Waals surface area contributed by atoms with E-state index >= 15 is 0 Å². The molecule has 0 aliphatic carbocycles. The minimum Gasteiger partial charge on any atom is -0.475 e. The van der Waals surface area contributed by atoms with Crippen LogP contribution in [0, 0.1) is 13.8 Å². The Morgan fingerprint density at radius 1 is 1.41 bits per heavy atom. The molecule has 1 heterocycles. The van der Waals surface area contributed by atoms with E-state index in [9.17, 15) is 4.79 Å². The number of ether oxygens (including phenoxy) is 2. The van der Waals surface area contributed by atoms with Gasteiger partial charge in [-0.1, -0.05) is 6.92 Å². The Morgan fingerprint density at radius 2 is 2.06 bits per heavy atom. The van der Waals surface area contributed by atoms with Crippen molar-refractivity contribution < 1.29 is 14.3 Å². The SMILES string of the molecule is CCOC(=O)C(CC)Oc1c(C)nn(C)c1C. The molecular formula is C12H20N2O3. The molecule has 1 atom stereocenters. The summed E-state index contributed by atoms with van der Waals surface area (Å²) in [5.41, 5.74) is 1.69. The van der Waals surface area contributed by atoms with Crippen molar-refractivity contribution in [2.75, 3.05) is 6.61 Å². The summed E-state index contributed by atoms with van der Waals surface area (Å²) >= 11 is 0. The Morgan fingerprint density at radius 3 is 2.47 bits per heavy atom. The fourth-order valence-corrected chi connectivity index (χ4v) is 1.60. The molecule has 17 heavy (non-hydrogen) atoms. The zero-order valence-corrected chi connectivity index (χ0v) is 11.1. The Hall–Kier alpha value is -1.52. The first-order chi connectivity index (χ1) is 8.01. The van der Waals surface area contributed by atoms with Crippen molar-refractivity contribution >= 4 is 5.97 Å². The molecule has 0 N–H and O–H groups in total. The lowest BCUT2D eigenvalue weighted by Crippen LogP contribution is -2.29. The molecule has 0 aliphatic heterocycles. The number of esters is 1. The summed E-state index contributed by atoms with van der Waals surface area (Å²) in [4.78, 5) is 11.6. The fraction of sp³-hybridized carbons (Fsp3) is 0.667. The van der Waals surface area contributed by atoms with Gasteiger partial charge >= 0.3 is 5.97 Å². The van der Waals surface area contributed by atoms with Crippen molar-refractivity contribution in [3.8, 4) is 5.75 Å². The van der Waals surface area contributed by atoms with Gasteiger partial charge in [0.05, 0.1) is 12.3 Å². The molecule has 1 rings (SSSR count). The lowest BCUT2D eigenvalue weighted by Gasteiger charge is -2.16. The van der Waals surface area contributed by atoms with Crippen LogP contribution < -0.4 is 4.74 Å². The molecule has 0 fully saturated rings. The highest BCUT2D eigenvalue weighted by molar-refractivity contribution is 5.75. The average Bonchev–Trinajstić information content (AvgIpc) is 2.51. The molecular weight excluding hydrogens is 220 g/mol. The normalized spacial score (nSPS) is 12.3. The number of aryl methyl sites for hydroxylation is 2. The maximum atomic E-state index is 11.6. The van der Waals surface area contributed by atoms with Crippen LogP contribution in [-0.2, 0) is 16.6 Å². The zero-order valence-electron chi connectivity index (χ0n) is 11.1. The van der Waals surface area contributed by atoms with Crippen molar-refractivity contribution in [2.45, 2.75) is 40.2 Å². The van der Waals surface area contributed by atoms with E-state index in [4.69, 9.17) is 9.47 Å². The molecule has 5 heteroatoms. The van der Waals surface area contributed by atoms with E-state index in [1.165, 1.54) is 0 Å². The number of hydrogen-bond donors (Lipinski definition) is 0. The van der Waals surface area contributed by atoms with E-state index in [1.54, 1.807) is 11.6 Å². The van der Waals surface area contributed by atoms with Crippen LogP contribution in [0.2, 0.25) is 0 Å². The summed E-state index contributed by atoms with van der Waals surface area (Å²) in [6.45, 7) is 7.81. The van der Waals surface area contributed by atoms with Crippen LogP contribution in [0.3, 0.4) is 0 Å². The predicted molar refractivity (Wildman–Crippen MR) is 64.0 cm³/mol. The predicted octanol–water partition coefficient (Wildman–Crippen LogP) is 1.76. The van der Waals surface area contributed by atoms with E-state index < -0.39 is 6.10 Å². The van der Waals surface area contributed by atoms with Crippen molar-refractivity contribution in [1.29, 1.82) is 0 Å². The molecule has 0 amide bonds. The van der Waals surface area contributed by atoms with Crippen LogP contribution in [0.25, 0.3) is 0 Å². The van der Waals surface area contributed by atoms with Gasteiger partial charge in [0, 0.05) is 7.05 Å². The molecule has 1 unspecified atom stereocenters. The van der Waals surface area contributed by atoms with Gasteiger partial charge in [0.15, 0.2) is 11.9 Å². The molecule has 0 saturated carbocycles. The van der Waals surface area contributed by atoms with Crippen molar-refractivity contribution in [2.24, 2.45) is 7.05 Å². The maximum Gasteiger partial charge on any atom is 0.347 e. The fourth-order valence-electron chi connectivity index (χ4n) is 1.60. The molecule has 96 valence electrons. The molecule has 0 aliphatic rings. The summed E-state index contributed by atoms with van der Waals surface area (Å²) in [5, 5.41) is 4.24. The second kappa shape index (κ2) is 5.70. The van der Waals surface area contributed by atoms with E-state index in [0.29, 0.717) is 18.8 Å². The molecule has 0 aromatic carbocycles. The van der Waals surface area contributed by atoms with Gasteiger partial charge in [-0.05, 0) is 27.2 Å². The lowest BCUT2D eigenvalue weighted by atomic mass is 10.2. The first kappa shape index (κ1) is 13.5. The molecule has 0 spiro atoms. The van der Waals surface area contributed by atoms with Gasteiger partial charge in [0.1, 0.15) is 5.69 Å². The van der Waals surface area contributed by atoms with Gasteiger partial charge in [-0.3, -0.25) is 4.68 Å².